The predicted molar refractivity (Wildman–Crippen MR) is 112 cm³/mol. The van der Waals surface area contributed by atoms with Gasteiger partial charge in [0, 0.05) is 35.5 Å². The fraction of sp³-hybridized carbons (Fsp3) is 0.348. The van der Waals surface area contributed by atoms with Crippen LogP contribution in [-0.4, -0.2) is 37.0 Å². The topological polar surface area (TPSA) is 53.6 Å². The molecule has 3 aliphatic rings. The number of amides is 1. The number of piperidine rings is 1. The molecule has 0 aromatic heterocycles. The van der Waals surface area contributed by atoms with Crippen molar-refractivity contribution < 1.29 is 13.9 Å². The van der Waals surface area contributed by atoms with Crippen molar-refractivity contribution in [3.8, 4) is 0 Å². The van der Waals surface area contributed by atoms with Crippen molar-refractivity contribution in [3.63, 3.8) is 0 Å². The molecule has 0 spiro atoms. The zero-order valence-electron chi connectivity index (χ0n) is 16.3. The average Bonchev–Trinajstić information content (AvgIpc) is 3.28. The van der Waals surface area contributed by atoms with Gasteiger partial charge >= 0.3 is 0 Å². The first-order valence-corrected chi connectivity index (χ1v) is 10.3. The molecule has 0 aliphatic carbocycles. The van der Waals surface area contributed by atoms with Crippen LogP contribution in [0.25, 0.3) is 11.3 Å². The summed E-state index contributed by atoms with van der Waals surface area (Å²) in [6, 6.07) is 10.8. The minimum Gasteiger partial charge on any atom is -0.487 e. The van der Waals surface area contributed by atoms with Gasteiger partial charge < -0.3 is 20.3 Å². The van der Waals surface area contributed by atoms with E-state index in [-0.39, 0.29) is 11.7 Å². The van der Waals surface area contributed by atoms with E-state index in [9.17, 15) is 9.18 Å². The molecule has 1 saturated heterocycles. The molecular formula is C23H24FN3O2. The molecule has 1 fully saturated rings. The maximum atomic E-state index is 14.8. The van der Waals surface area contributed by atoms with Crippen LogP contribution >= 0.6 is 0 Å². The number of rotatable bonds is 4. The van der Waals surface area contributed by atoms with Gasteiger partial charge in [0.15, 0.2) is 0 Å². The lowest BCUT2D eigenvalue weighted by atomic mass is 10.00. The highest BCUT2D eigenvalue weighted by Gasteiger charge is 2.32. The van der Waals surface area contributed by atoms with Crippen LogP contribution in [0.2, 0.25) is 0 Å². The highest BCUT2D eigenvalue weighted by atomic mass is 19.1. The molecule has 150 valence electrons. The highest BCUT2D eigenvalue weighted by molar-refractivity contribution is 6.36. The van der Waals surface area contributed by atoms with Gasteiger partial charge in [0.25, 0.3) is 5.91 Å². The Morgan fingerprint density at radius 3 is 2.79 bits per heavy atom. The first kappa shape index (κ1) is 18.2. The minimum absolute atomic E-state index is 0.210. The van der Waals surface area contributed by atoms with Crippen LogP contribution in [0.5, 0.6) is 0 Å². The number of carbonyl (C=O) groups excluding carboxylic acids is 1. The molecule has 0 bridgehead atoms. The normalized spacial score (nSPS) is 20.8. The smallest absolute Gasteiger partial charge is 0.260 e. The second-order valence-electron chi connectivity index (χ2n) is 7.81. The number of hydrogen-bond donors (Lipinski definition) is 2. The lowest BCUT2D eigenvalue weighted by molar-refractivity contribution is -0.110. The first-order valence-electron chi connectivity index (χ1n) is 10.3. The average molecular weight is 393 g/mol. The molecule has 0 radical (unpaired) electrons. The van der Waals surface area contributed by atoms with E-state index in [1.54, 1.807) is 0 Å². The van der Waals surface area contributed by atoms with Crippen LogP contribution in [0, 0.1) is 5.82 Å². The summed E-state index contributed by atoms with van der Waals surface area (Å²) in [4.78, 5) is 14.9. The summed E-state index contributed by atoms with van der Waals surface area (Å²) in [6.07, 6.45) is 3.81. The Morgan fingerprint density at radius 2 is 1.93 bits per heavy atom. The Morgan fingerprint density at radius 1 is 1.10 bits per heavy atom. The van der Waals surface area contributed by atoms with E-state index in [1.165, 1.54) is 25.3 Å². The molecule has 0 unspecified atom stereocenters. The molecule has 2 N–H and O–H groups in total. The number of nitrogens with one attached hydrogen (secondary N) is 2. The third kappa shape index (κ3) is 3.38. The van der Waals surface area contributed by atoms with Gasteiger partial charge in [0.1, 0.15) is 18.2 Å². The summed E-state index contributed by atoms with van der Waals surface area (Å²) in [5.41, 5.74) is 4.08. The standard InChI is InChI=1S/C23H24FN3O2/c24-18-13-17-15(12-20(18)25-8-11-27-9-4-1-5-10-27)14-29-22(17)21-16-6-2-3-7-19(16)26-23(21)28/h2-3,6-7,12-13,25H,1,4-5,8-11,14H2,(H,26,28)/b22-21+. The molecule has 29 heavy (non-hydrogen) atoms. The van der Waals surface area contributed by atoms with Gasteiger partial charge in [-0.15, -0.1) is 0 Å². The van der Waals surface area contributed by atoms with Crippen molar-refractivity contribution >= 4 is 28.6 Å². The number of hydrogen-bond acceptors (Lipinski definition) is 4. The van der Waals surface area contributed by atoms with E-state index in [4.69, 9.17) is 4.74 Å². The van der Waals surface area contributed by atoms with E-state index >= 15 is 0 Å². The van der Waals surface area contributed by atoms with Crippen molar-refractivity contribution in [2.24, 2.45) is 0 Å². The number of benzene rings is 2. The van der Waals surface area contributed by atoms with Gasteiger partial charge in [-0.05, 0) is 44.1 Å². The Hall–Kier alpha value is -2.86. The van der Waals surface area contributed by atoms with Gasteiger partial charge in [0.2, 0.25) is 0 Å². The zero-order valence-corrected chi connectivity index (χ0v) is 16.3. The first-order chi connectivity index (χ1) is 14.2. The second kappa shape index (κ2) is 7.52. The van der Waals surface area contributed by atoms with Crippen LogP contribution in [-0.2, 0) is 16.1 Å². The molecule has 0 atom stereocenters. The zero-order chi connectivity index (χ0) is 19.8. The summed E-state index contributed by atoms with van der Waals surface area (Å²) in [5.74, 6) is -0.0721. The number of likely N-dealkylation sites (tertiary alicyclic amines) is 1. The van der Waals surface area contributed by atoms with Crippen LogP contribution in [0.15, 0.2) is 36.4 Å². The molecule has 5 nitrogen and oxygen atoms in total. The molecule has 1 amide bonds. The van der Waals surface area contributed by atoms with Crippen LogP contribution in [0.4, 0.5) is 15.8 Å². The number of halogens is 1. The van der Waals surface area contributed by atoms with Gasteiger partial charge in [-0.3, -0.25) is 4.79 Å². The highest BCUT2D eigenvalue weighted by Crippen LogP contribution is 2.42. The number of ether oxygens (including phenoxy) is 1. The number of carbonyl (C=O) groups is 1. The maximum absolute atomic E-state index is 14.8. The van der Waals surface area contributed by atoms with E-state index in [2.05, 4.69) is 15.5 Å². The molecule has 6 heteroatoms. The Bertz CT molecular complexity index is 996. The summed E-state index contributed by atoms with van der Waals surface area (Å²) in [5, 5.41) is 6.08. The predicted octanol–water partition coefficient (Wildman–Crippen LogP) is 4.07. The van der Waals surface area contributed by atoms with Crippen molar-refractivity contribution in [1.82, 2.24) is 4.90 Å². The summed E-state index contributed by atoms with van der Waals surface area (Å²) < 4.78 is 20.7. The van der Waals surface area contributed by atoms with E-state index < -0.39 is 0 Å². The Labute approximate surface area is 169 Å². The third-order valence-electron chi connectivity index (χ3n) is 5.90. The van der Waals surface area contributed by atoms with Crippen LogP contribution < -0.4 is 10.6 Å². The van der Waals surface area contributed by atoms with E-state index in [0.717, 1.165) is 36.4 Å². The molecule has 3 aliphatic heterocycles. The maximum Gasteiger partial charge on any atom is 0.260 e. The minimum atomic E-state index is -0.322. The number of fused-ring (bicyclic) bond motifs is 2. The fourth-order valence-electron chi connectivity index (χ4n) is 4.39. The van der Waals surface area contributed by atoms with Gasteiger partial charge in [0.05, 0.1) is 11.3 Å². The largest absolute Gasteiger partial charge is 0.487 e. The summed E-state index contributed by atoms with van der Waals surface area (Å²) in [6.45, 7) is 4.22. The Balaban J connectivity index is 1.38. The summed E-state index contributed by atoms with van der Waals surface area (Å²) >= 11 is 0. The number of para-hydroxylation sites is 1. The SMILES string of the molecule is O=C1Nc2ccccc2/C1=C1\OCc2cc(NCCN3CCCCC3)c(F)cc21. The van der Waals surface area contributed by atoms with Crippen LogP contribution in [0.3, 0.4) is 0 Å². The van der Waals surface area contributed by atoms with Crippen molar-refractivity contribution in [1.29, 1.82) is 0 Å². The number of nitrogens with zero attached hydrogens (tertiary/aromatic N) is 1. The van der Waals surface area contributed by atoms with E-state index in [0.29, 0.717) is 35.7 Å². The molecular weight excluding hydrogens is 369 g/mol. The lowest BCUT2D eigenvalue weighted by Gasteiger charge is -2.26. The number of anilines is 2. The second-order valence-corrected chi connectivity index (χ2v) is 7.81. The molecule has 0 saturated carbocycles. The monoisotopic (exact) mass is 393 g/mol. The van der Waals surface area contributed by atoms with Crippen molar-refractivity contribution in [3.05, 3.63) is 58.9 Å². The van der Waals surface area contributed by atoms with Gasteiger partial charge in [-0.25, -0.2) is 4.39 Å². The van der Waals surface area contributed by atoms with Gasteiger partial charge in [-0.2, -0.15) is 0 Å². The van der Waals surface area contributed by atoms with Crippen molar-refractivity contribution in [2.75, 3.05) is 36.8 Å². The summed E-state index contributed by atoms with van der Waals surface area (Å²) in [7, 11) is 0. The van der Waals surface area contributed by atoms with Crippen molar-refractivity contribution in [2.45, 2.75) is 25.9 Å². The lowest BCUT2D eigenvalue weighted by Crippen LogP contribution is -2.33. The molecule has 5 rings (SSSR count). The Kier molecular flexibility index (Phi) is 4.72. The molecule has 2 aromatic carbocycles. The van der Waals surface area contributed by atoms with E-state index in [1.807, 2.05) is 30.3 Å². The fourth-order valence-corrected chi connectivity index (χ4v) is 4.39. The third-order valence-corrected chi connectivity index (χ3v) is 5.90. The molecule has 2 aromatic rings. The quantitative estimate of drug-likeness (QED) is 0.769. The van der Waals surface area contributed by atoms with Crippen LogP contribution in [0.1, 0.15) is 36.0 Å². The van der Waals surface area contributed by atoms with Gasteiger partial charge in [-0.1, -0.05) is 24.6 Å². The molecule has 3 heterocycles.